The van der Waals surface area contributed by atoms with Crippen LogP contribution in [0.1, 0.15) is 32.3 Å². The van der Waals surface area contributed by atoms with Crippen molar-refractivity contribution in [1.82, 2.24) is 9.80 Å². The number of likely N-dealkylation sites (tertiary alicyclic amines) is 1. The number of sulfonamides is 1. The number of nitrogens with two attached hydrogens (primary N) is 1. The number of rotatable bonds is 10. The Morgan fingerprint density at radius 1 is 1.03 bits per heavy atom. The molecule has 2 N–H and O–H groups in total. The zero-order valence-electron chi connectivity index (χ0n) is 18.0. The van der Waals surface area contributed by atoms with Gasteiger partial charge in [-0.1, -0.05) is 32.0 Å². The Bertz CT molecular complexity index is 919. The first-order valence-corrected chi connectivity index (χ1v) is 12.3. The molecule has 1 aliphatic rings. The fourth-order valence-electron chi connectivity index (χ4n) is 3.91. The monoisotopic (exact) mass is 431 g/mol. The second kappa shape index (κ2) is 10.4. The molecule has 164 valence electrons. The molecule has 0 spiro atoms. The van der Waals surface area contributed by atoms with Crippen LogP contribution in [0, 0.1) is 0 Å². The molecule has 1 fully saturated rings. The maximum atomic E-state index is 12.1. The summed E-state index contributed by atoms with van der Waals surface area (Å²) in [6.45, 7) is 10.8. The minimum atomic E-state index is -3.82. The standard InChI is InChI=1S/C23H33N3O3S/c1-3-25(4-2)15-16-29-21-10-8-20(9-11-21)22-17-19(18-26-13-5-6-14-26)7-12-23(22)30(24,27)28/h7-12,17H,3-6,13-16,18H2,1-2H3,(H2,24,27,28). The van der Waals surface area contributed by atoms with E-state index in [1.54, 1.807) is 6.07 Å². The Morgan fingerprint density at radius 3 is 2.30 bits per heavy atom. The van der Waals surface area contributed by atoms with Gasteiger partial charge in [-0.25, -0.2) is 13.6 Å². The highest BCUT2D eigenvalue weighted by Crippen LogP contribution is 2.30. The highest BCUT2D eigenvalue weighted by Gasteiger charge is 2.18. The first kappa shape index (κ1) is 22.7. The molecule has 0 bridgehead atoms. The first-order valence-electron chi connectivity index (χ1n) is 10.7. The average molecular weight is 432 g/mol. The summed E-state index contributed by atoms with van der Waals surface area (Å²) >= 11 is 0. The third-order valence-electron chi connectivity index (χ3n) is 5.69. The molecule has 0 atom stereocenters. The largest absolute Gasteiger partial charge is 0.492 e. The van der Waals surface area contributed by atoms with Crippen LogP contribution in [0.3, 0.4) is 0 Å². The van der Waals surface area contributed by atoms with Crippen LogP contribution in [-0.2, 0) is 16.6 Å². The highest BCUT2D eigenvalue weighted by atomic mass is 32.2. The van der Waals surface area contributed by atoms with E-state index in [4.69, 9.17) is 9.88 Å². The maximum absolute atomic E-state index is 12.1. The number of hydrogen-bond donors (Lipinski definition) is 1. The van der Waals surface area contributed by atoms with Crippen molar-refractivity contribution in [3.63, 3.8) is 0 Å². The van der Waals surface area contributed by atoms with Gasteiger partial charge in [0.15, 0.2) is 0 Å². The number of benzene rings is 2. The number of ether oxygens (including phenoxy) is 1. The van der Waals surface area contributed by atoms with E-state index in [1.807, 2.05) is 36.4 Å². The summed E-state index contributed by atoms with van der Waals surface area (Å²) in [7, 11) is -3.82. The van der Waals surface area contributed by atoms with Gasteiger partial charge in [-0.05, 0) is 74.4 Å². The van der Waals surface area contributed by atoms with E-state index >= 15 is 0 Å². The molecule has 1 heterocycles. The third-order valence-corrected chi connectivity index (χ3v) is 6.66. The van der Waals surface area contributed by atoms with Crippen LogP contribution in [-0.4, -0.2) is 57.5 Å². The van der Waals surface area contributed by atoms with Crippen molar-refractivity contribution in [3.8, 4) is 16.9 Å². The molecular weight excluding hydrogens is 398 g/mol. The topological polar surface area (TPSA) is 75.9 Å². The molecule has 30 heavy (non-hydrogen) atoms. The van der Waals surface area contributed by atoms with E-state index in [-0.39, 0.29) is 4.90 Å². The van der Waals surface area contributed by atoms with Gasteiger partial charge >= 0.3 is 0 Å². The number of likely N-dealkylation sites (N-methyl/N-ethyl adjacent to an activating group) is 1. The predicted octanol–water partition coefficient (Wildman–Crippen LogP) is 3.32. The van der Waals surface area contributed by atoms with Gasteiger partial charge in [0.1, 0.15) is 12.4 Å². The van der Waals surface area contributed by atoms with Crippen LogP contribution in [0.4, 0.5) is 0 Å². The van der Waals surface area contributed by atoms with E-state index in [0.717, 1.165) is 56.1 Å². The van der Waals surface area contributed by atoms with Crippen LogP contribution in [0.2, 0.25) is 0 Å². The molecule has 3 rings (SSSR count). The van der Waals surface area contributed by atoms with E-state index in [1.165, 1.54) is 12.8 Å². The highest BCUT2D eigenvalue weighted by molar-refractivity contribution is 7.89. The molecule has 2 aromatic rings. The molecule has 6 nitrogen and oxygen atoms in total. The van der Waals surface area contributed by atoms with E-state index in [9.17, 15) is 8.42 Å². The van der Waals surface area contributed by atoms with Gasteiger partial charge in [0.2, 0.25) is 10.0 Å². The van der Waals surface area contributed by atoms with E-state index in [0.29, 0.717) is 12.2 Å². The summed E-state index contributed by atoms with van der Waals surface area (Å²) in [4.78, 5) is 4.85. The van der Waals surface area contributed by atoms with Crippen molar-refractivity contribution in [1.29, 1.82) is 0 Å². The summed E-state index contributed by atoms with van der Waals surface area (Å²) in [5.41, 5.74) is 2.56. The lowest BCUT2D eigenvalue weighted by Gasteiger charge is -2.18. The lowest BCUT2D eigenvalue weighted by Crippen LogP contribution is -2.27. The van der Waals surface area contributed by atoms with Gasteiger partial charge < -0.3 is 9.64 Å². The fourth-order valence-corrected chi connectivity index (χ4v) is 4.65. The van der Waals surface area contributed by atoms with Crippen LogP contribution >= 0.6 is 0 Å². The van der Waals surface area contributed by atoms with Gasteiger partial charge in [-0.15, -0.1) is 0 Å². The summed E-state index contributed by atoms with van der Waals surface area (Å²) in [5.74, 6) is 0.774. The molecule has 2 aromatic carbocycles. The van der Waals surface area contributed by atoms with Crippen LogP contribution in [0.5, 0.6) is 5.75 Å². The SMILES string of the molecule is CCN(CC)CCOc1ccc(-c2cc(CN3CCCC3)ccc2S(N)(=O)=O)cc1. The molecular formula is C23H33N3O3S. The Kier molecular flexibility index (Phi) is 7.88. The number of primary sulfonamides is 1. The summed E-state index contributed by atoms with van der Waals surface area (Å²) in [6.07, 6.45) is 2.44. The summed E-state index contributed by atoms with van der Waals surface area (Å²) in [5, 5.41) is 5.49. The van der Waals surface area contributed by atoms with Crippen molar-refractivity contribution in [2.45, 2.75) is 38.1 Å². The molecule has 0 aromatic heterocycles. The minimum Gasteiger partial charge on any atom is -0.492 e. The van der Waals surface area contributed by atoms with Gasteiger partial charge in [-0.2, -0.15) is 0 Å². The Hall–Kier alpha value is -1.93. The molecule has 1 aliphatic heterocycles. The van der Waals surface area contributed by atoms with Crippen molar-refractivity contribution in [2.24, 2.45) is 5.14 Å². The van der Waals surface area contributed by atoms with Crippen LogP contribution < -0.4 is 9.88 Å². The molecule has 0 unspecified atom stereocenters. The zero-order valence-corrected chi connectivity index (χ0v) is 18.8. The zero-order chi connectivity index (χ0) is 21.6. The number of hydrogen-bond acceptors (Lipinski definition) is 5. The molecule has 1 saturated heterocycles. The lowest BCUT2D eigenvalue weighted by atomic mass is 10.0. The first-order chi connectivity index (χ1) is 14.4. The van der Waals surface area contributed by atoms with Crippen LogP contribution in [0.15, 0.2) is 47.4 Å². The molecule has 0 amide bonds. The van der Waals surface area contributed by atoms with Crippen molar-refractivity contribution in [2.75, 3.05) is 39.3 Å². The number of nitrogens with zero attached hydrogens (tertiary/aromatic N) is 2. The predicted molar refractivity (Wildman–Crippen MR) is 121 cm³/mol. The van der Waals surface area contributed by atoms with Gasteiger partial charge in [0.25, 0.3) is 0 Å². The Balaban J connectivity index is 1.78. The molecule has 7 heteroatoms. The van der Waals surface area contributed by atoms with Gasteiger partial charge in [0.05, 0.1) is 4.90 Å². The average Bonchev–Trinajstić information content (AvgIpc) is 3.24. The maximum Gasteiger partial charge on any atom is 0.238 e. The smallest absolute Gasteiger partial charge is 0.238 e. The summed E-state index contributed by atoms with van der Waals surface area (Å²) < 4.78 is 30.1. The third kappa shape index (κ3) is 6.04. The molecule has 0 saturated carbocycles. The quantitative estimate of drug-likeness (QED) is 0.625. The molecule has 0 aliphatic carbocycles. The lowest BCUT2D eigenvalue weighted by molar-refractivity contribution is 0.223. The van der Waals surface area contributed by atoms with Gasteiger partial charge in [-0.3, -0.25) is 4.90 Å². The molecule has 0 radical (unpaired) electrons. The Morgan fingerprint density at radius 2 is 1.70 bits per heavy atom. The van der Waals surface area contributed by atoms with Gasteiger partial charge in [0, 0.05) is 18.7 Å². The normalized spacial score (nSPS) is 15.1. The van der Waals surface area contributed by atoms with Crippen molar-refractivity contribution < 1.29 is 13.2 Å². The van der Waals surface area contributed by atoms with Crippen LogP contribution in [0.25, 0.3) is 11.1 Å². The van der Waals surface area contributed by atoms with Crippen molar-refractivity contribution >= 4 is 10.0 Å². The second-order valence-electron chi connectivity index (χ2n) is 7.76. The minimum absolute atomic E-state index is 0.155. The fraction of sp³-hybridized carbons (Fsp3) is 0.478. The second-order valence-corrected chi connectivity index (χ2v) is 9.29. The van der Waals surface area contributed by atoms with E-state index in [2.05, 4.69) is 23.6 Å². The summed E-state index contributed by atoms with van der Waals surface area (Å²) in [6, 6.07) is 13.0. The van der Waals surface area contributed by atoms with E-state index < -0.39 is 10.0 Å². The Labute approximate surface area is 180 Å². The van der Waals surface area contributed by atoms with Crippen molar-refractivity contribution in [3.05, 3.63) is 48.0 Å².